The molecule has 1 saturated carbocycles. The third kappa shape index (κ3) is 3.69. The highest BCUT2D eigenvalue weighted by molar-refractivity contribution is 4.86. The molecule has 0 aromatic heterocycles. The lowest BCUT2D eigenvalue weighted by Gasteiger charge is -2.41. The van der Waals surface area contributed by atoms with Crippen molar-refractivity contribution in [2.24, 2.45) is 5.92 Å². The molecule has 2 fully saturated rings. The summed E-state index contributed by atoms with van der Waals surface area (Å²) in [6.07, 6.45) is 5.79. The molecule has 3 nitrogen and oxygen atoms in total. The van der Waals surface area contributed by atoms with E-state index in [1.165, 1.54) is 51.9 Å². The molecule has 3 heteroatoms. The number of hydrogen-bond acceptors (Lipinski definition) is 3. The molecule has 1 aliphatic carbocycles. The van der Waals surface area contributed by atoms with Crippen LogP contribution in [-0.2, 0) is 0 Å². The SMILES string of the molecule is CCNC(CN1CCN(C)CC1C)C1CCCC1. The van der Waals surface area contributed by atoms with Crippen molar-refractivity contribution in [2.75, 3.05) is 39.8 Å². The van der Waals surface area contributed by atoms with Gasteiger partial charge in [-0.15, -0.1) is 0 Å². The highest BCUT2D eigenvalue weighted by Gasteiger charge is 2.29. The van der Waals surface area contributed by atoms with Crippen molar-refractivity contribution in [3.05, 3.63) is 0 Å². The zero-order chi connectivity index (χ0) is 13.0. The summed E-state index contributed by atoms with van der Waals surface area (Å²) in [5, 5.41) is 3.75. The highest BCUT2D eigenvalue weighted by atomic mass is 15.3. The second-order valence-corrected chi connectivity index (χ2v) is 6.31. The van der Waals surface area contributed by atoms with Crippen LogP contribution in [0.25, 0.3) is 0 Å². The molecular formula is C15H31N3. The molecule has 1 heterocycles. The van der Waals surface area contributed by atoms with Crippen LogP contribution in [0.3, 0.4) is 0 Å². The Bertz CT molecular complexity index is 238. The fraction of sp³-hybridized carbons (Fsp3) is 1.00. The summed E-state index contributed by atoms with van der Waals surface area (Å²) in [6.45, 7) is 10.7. The van der Waals surface area contributed by atoms with Crippen molar-refractivity contribution in [1.29, 1.82) is 0 Å². The molecule has 1 aliphatic heterocycles. The minimum atomic E-state index is 0.714. The topological polar surface area (TPSA) is 18.5 Å². The molecule has 0 aromatic rings. The molecule has 0 amide bonds. The van der Waals surface area contributed by atoms with E-state index in [1.807, 2.05) is 0 Å². The summed E-state index contributed by atoms with van der Waals surface area (Å²) in [5.74, 6) is 0.928. The van der Waals surface area contributed by atoms with Gasteiger partial charge >= 0.3 is 0 Å². The van der Waals surface area contributed by atoms with Crippen LogP contribution in [0.4, 0.5) is 0 Å². The summed E-state index contributed by atoms with van der Waals surface area (Å²) in [7, 11) is 2.24. The Morgan fingerprint density at radius 3 is 2.56 bits per heavy atom. The molecule has 0 bridgehead atoms. The minimum absolute atomic E-state index is 0.714. The largest absolute Gasteiger partial charge is 0.313 e. The van der Waals surface area contributed by atoms with Crippen LogP contribution in [-0.4, -0.2) is 61.7 Å². The molecule has 0 aromatic carbocycles. The lowest BCUT2D eigenvalue weighted by atomic mass is 9.96. The Morgan fingerprint density at radius 2 is 1.94 bits per heavy atom. The average molecular weight is 253 g/mol. The Balaban J connectivity index is 1.87. The third-order valence-corrected chi connectivity index (χ3v) is 4.83. The lowest BCUT2D eigenvalue weighted by molar-refractivity contribution is 0.0825. The first-order chi connectivity index (χ1) is 8.70. The van der Waals surface area contributed by atoms with Gasteiger partial charge in [-0.2, -0.15) is 0 Å². The fourth-order valence-electron chi connectivity index (χ4n) is 3.70. The molecule has 2 unspecified atom stereocenters. The highest BCUT2D eigenvalue weighted by Crippen LogP contribution is 2.28. The van der Waals surface area contributed by atoms with Crippen molar-refractivity contribution >= 4 is 0 Å². The van der Waals surface area contributed by atoms with Crippen molar-refractivity contribution in [2.45, 2.75) is 51.6 Å². The fourth-order valence-corrected chi connectivity index (χ4v) is 3.70. The Labute approximate surface area is 113 Å². The van der Waals surface area contributed by atoms with Gasteiger partial charge in [0.15, 0.2) is 0 Å². The van der Waals surface area contributed by atoms with E-state index in [9.17, 15) is 0 Å². The van der Waals surface area contributed by atoms with Crippen molar-refractivity contribution < 1.29 is 0 Å². The summed E-state index contributed by atoms with van der Waals surface area (Å²) in [4.78, 5) is 5.16. The summed E-state index contributed by atoms with van der Waals surface area (Å²) >= 11 is 0. The number of piperazine rings is 1. The quantitative estimate of drug-likeness (QED) is 0.806. The zero-order valence-corrected chi connectivity index (χ0v) is 12.5. The lowest BCUT2D eigenvalue weighted by Crippen LogP contribution is -2.55. The first kappa shape index (κ1) is 14.3. The van der Waals surface area contributed by atoms with Gasteiger partial charge < -0.3 is 10.2 Å². The Morgan fingerprint density at radius 1 is 1.22 bits per heavy atom. The van der Waals surface area contributed by atoms with Crippen LogP contribution in [0.2, 0.25) is 0 Å². The van der Waals surface area contributed by atoms with Gasteiger partial charge in [0.1, 0.15) is 0 Å². The van der Waals surface area contributed by atoms with E-state index in [1.54, 1.807) is 0 Å². The van der Waals surface area contributed by atoms with Gasteiger partial charge in [-0.05, 0) is 39.3 Å². The van der Waals surface area contributed by atoms with Gasteiger partial charge in [0, 0.05) is 38.3 Å². The monoisotopic (exact) mass is 253 g/mol. The Hall–Kier alpha value is -0.120. The molecule has 0 radical (unpaired) electrons. The number of nitrogens with zero attached hydrogens (tertiary/aromatic N) is 2. The van der Waals surface area contributed by atoms with Crippen molar-refractivity contribution in [3.8, 4) is 0 Å². The van der Waals surface area contributed by atoms with E-state index in [4.69, 9.17) is 0 Å². The first-order valence-electron chi connectivity index (χ1n) is 7.86. The van der Waals surface area contributed by atoms with Crippen LogP contribution in [0.15, 0.2) is 0 Å². The summed E-state index contributed by atoms with van der Waals surface area (Å²) in [6, 6.07) is 1.44. The number of likely N-dealkylation sites (N-methyl/N-ethyl adjacent to an activating group) is 2. The van der Waals surface area contributed by atoms with Crippen LogP contribution in [0, 0.1) is 5.92 Å². The Kier molecular flexibility index (Phi) is 5.46. The molecule has 18 heavy (non-hydrogen) atoms. The van der Waals surface area contributed by atoms with Crippen LogP contribution < -0.4 is 5.32 Å². The molecule has 2 atom stereocenters. The maximum atomic E-state index is 3.75. The third-order valence-electron chi connectivity index (χ3n) is 4.83. The summed E-state index contributed by atoms with van der Waals surface area (Å²) < 4.78 is 0. The van der Waals surface area contributed by atoms with Gasteiger partial charge in [0.05, 0.1) is 0 Å². The zero-order valence-electron chi connectivity index (χ0n) is 12.5. The van der Waals surface area contributed by atoms with Crippen LogP contribution in [0.1, 0.15) is 39.5 Å². The second kappa shape index (κ2) is 6.88. The minimum Gasteiger partial charge on any atom is -0.313 e. The predicted molar refractivity (Wildman–Crippen MR) is 78.0 cm³/mol. The average Bonchev–Trinajstić information content (AvgIpc) is 2.85. The first-order valence-corrected chi connectivity index (χ1v) is 7.86. The van der Waals surface area contributed by atoms with Gasteiger partial charge in [-0.25, -0.2) is 0 Å². The van der Waals surface area contributed by atoms with Crippen molar-refractivity contribution in [1.82, 2.24) is 15.1 Å². The summed E-state index contributed by atoms with van der Waals surface area (Å²) in [5.41, 5.74) is 0. The molecule has 2 aliphatic rings. The number of nitrogens with one attached hydrogen (secondary N) is 1. The van der Waals surface area contributed by atoms with Gasteiger partial charge in [-0.1, -0.05) is 19.8 Å². The second-order valence-electron chi connectivity index (χ2n) is 6.31. The van der Waals surface area contributed by atoms with Gasteiger partial charge in [0.2, 0.25) is 0 Å². The molecule has 2 rings (SSSR count). The van der Waals surface area contributed by atoms with Gasteiger partial charge in [0.25, 0.3) is 0 Å². The van der Waals surface area contributed by atoms with E-state index in [2.05, 4.69) is 36.0 Å². The molecule has 1 N–H and O–H groups in total. The smallest absolute Gasteiger partial charge is 0.0223 e. The standard InChI is InChI=1S/C15H31N3/c1-4-16-15(14-7-5-6-8-14)12-18-10-9-17(3)11-13(18)2/h13-16H,4-12H2,1-3H3. The molecule has 0 spiro atoms. The van der Waals surface area contributed by atoms with Gasteiger partial charge in [-0.3, -0.25) is 4.90 Å². The van der Waals surface area contributed by atoms with Crippen LogP contribution >= 0.6 is 0 Å². The van der Waals surface area contributed by atoms with E-state index in [0.717, 1.165) is 18.5 Å². The normalized spacial score (nSPS) is 29.8. The molecular weight excluding hydrogens is 222 g/mol. The molecule has 1 saturated heterocycles. The number of rotatable bonds is 5. The van der Waals surface area contributed by atoms with E-state index in [-0.39, 0.29) is 0 Å². The van der Waals surface area contributed by atoms with E-state index < -0.39 is 0 Å². The van der Waals surface area contributed by atoms with E-state index in [0.29, 0.717) is 6.04 Å². The molecule has 106 valence electrons. The maximum absolute atomic E-state index is 3.75. The number of hydrogen-bond donors (Lipinski definition) is 1. The predicted octanol–water partition coefficient (Wildman–Crippen LogP) is 1.79. The maximum Gasteiger partial charge on any atom is 0.0223 e. The van der Waals surface area contributed by atoms with Crippen molar-refractivity contribution in [3.63, 3.8) is 0 Å². The van der Waals surface area contributed by atoms with Crippen LogP contribution in [0.5, 0.6) is 0 Å². The van der Waals surface area contributed by atoms with E-state index >= 15 is 0 Å².